The van der Waals surface area contributed by atoms with E-state index in [1.54, 1.807) is 12.4 Å². The number of nitrogens with one attached hydrogen (secondary N) is 1. The monoisotopic (exact) mass is 327 g/mol. The topological polar surface area (TPSA) is 70.6 Å². The second-order valence-electron chi connectivity index (χ2n) is 5.47. The van der Waals surface area contributed by atoms with E-state index < -0.39 is 0 Å². The van der Waals surface area contributed by atoms with Crippen molar-refractivity contribution in [1.82, 2.24) is 14.9 Å². The molecule has 1 amide bonds. The lowest BCUT2D eigenvalue weighted by Crippen LogP contribution is -2.50. The molecule has 0 bridgehead atoms. The summed E-state index contributed by atoms with van der Waals surface area (Å²) < 4.78 is 5.12. The van der Waals surface area contributed by atoms with Crippen molar-refractivity contribution in [2.45, 2.75) is 0 Å². The fraction of sp³-hybridized carbons (Fsp3) is 0.353. The molecule has 2 heterocycles. The highest BCUT2D eigenvalue weighted by molar-refractivity contribution is 5.81. The van der Waals surface area contributed by atoms with E-state index in [0.29, 0.717) is 24.8 Å². The zero-order valence-electron chi connectivity index (χ0n) is 13.7. The van der Waals surface area contributed by atoms with E-state index in [2.05, 4.69) is 32.3 Å². The van der Waals surface area contributed by atoms with Gasteiger partial charge in [-0.25, -0.2) is 9.97 Å². The van der Waals surface area contributed by atoms with Crippen LogP contribution in [0.25, 0.3) is 0 Å². The fourth-order valence-corrected chi connectivity index (χ4v) is 2.72. The molecule has 126 valence electrons. The minimum atomic E-state index is 0.0513. The fourth-order valence-electron chi connectivity index (χ4n) is 2.72. The molecule has 24 heavy (non-hydrogen) atoms. The number of hydrogen-bond donors (Lipinski definition) is 1. The summed E-state index contributed by atoms with van der Waals surface area (Å²) in [4.78, 5) is 24.7. The van der Waals surface area contributed by atoms with Crippen LogP contribution >= 0.6 is 0 Å². The summed E-state index contributed by atoms with van der Waals surface area (Å²) in [5, 5.41) is 3.00. The van der Waals surface area contributed by atoms with Crippen LogP contribution in [0.15, 0.2) is 42.7 Å². The van der Waals surface area contributed by atoms with Gasteiger partial charge < -0.3 is 19.9 Å². The lowest BCUT2D eigenvalue weighted by Gasteiger charge is -2.36. The molecular weight excluding hydrogens is 306 g/mol. The highest BCUT2D eigenvalue weighted by atomic mass is 16.5. The number of carbonyl (C=O) groups is 1. The second kappa shape index (κ2) is 7.63. The van der Waals surface area contributed by atoms with Crippen LogP contribution in [-0.4, -0.2) is 60.6 Å². The Bertz CT molecular complexity index is 672. The summed E-state index contributed by atoms with van der Waals surface area (Å²) in [5.74, 6) is 0.922. The third-order valence-corrected chi connectivity index (χ3v) is 4.02. The van der Waals surface area contributed by atoms with Gasteiger partial charge in [0.15, 0.2) is 5.82 Å². The molecule has 1 N–H and O–H groups in total. The summed E-state index contributed by atoms with van der Waals surface area (Å²) >= 11 is 0. The number of methoxy groups -OCH3 is 1. The number of piperazine rings is 1. The lowest BCUT2D eigenvalue weighted by atomic mass is 10.2. The number of ether oxygens (including phenoxy) is 1. The number of anilines is 2. The third-order valence-electron chi connectivity index (χ3n) is 4.02. The van der Waals surface area contributed by atoms with Gasteiger partial charge in [-0.2, -0.15) is 0 Å². The summed E-state index contributed by atoms with van der Waals surface area (Å²) in [6.07, 6.45) is 3.11. The van der Waals surface area contributed by atoms with Crippen molar-refractivity contribution >= 4 is 17.4 Å². The van der Waals surface area contributed by atoms with Crippen LogP contribution in [0.4, 0.5) is 11.5 Å². The number of para-hydroxylation sites is 1. The number of benzene rings is 1. The SMILES string of the molecule is COc1nccnc1NCC(=O)N1CCN(c2ccccc2)CC1. The minimum absolute atomic E-state index is 0.0513. The Labute approximate surface area is 141 Å². The molecule has 7 nitrogen and oxygen atoms in total. The number of nitrogens with zero attached hydrogens (tertiary/aromatic N) is 4. The predicted molar refractivity (Wildman–Crippen MR) is 92.3 cm³/mol. The van der Waals surface area contributed by atoms with Gasteiger partial charge in [0, 0.05) is 44.3 Å². The molecular formula is C17H21N5O2. The number of amides is 1. The normalized spacial score (nSPS) is 14.4. The van der Waals surface area contributed by atoms with Crippen molar-refractivity contribution in [3.8, 4) is 5.88 Å². The average molecular weight is 327 g/mol. The molecule has 1 aliphatic rings. The lowest BCUT2D eigenvalue weighted by molar-refractivity contribution is -0.129. The molecule has 1 fully saturated rings. The van der Waals surface area contributed by atoms with Crippen molar-refractivity contribution in [2.75, 3.05) is 50.1 Å². The number of rotatable bonds is 5. The minimum Gasteiger partial charge on any atom is -0.478 e. The number of carbonyl (C=O) groups excluding carboxylic acids is 1. The molecule has 1 aromatic heterocycles. The Kier molecular flexibility index (Phi) is 5.10. The van der Waals surface area contributed by atoms with Gasteiger partial charge in [-0.1, -0.05) is 18.2 Å². The molecule has 1 aromatic carbocycles. The summed E-state index contributed by atoms with van der Waals surface area (Å²) in [6.45, 7) is 3.29. The Balaban J connectivity index is 1.50. The van der Waals surface area contributed by atoms with Crippen molar-refractivity contribution < 1.29 is 9.53 Å². The number of hydrogen-bond acceptors (Lipinski definition) is 6. The third kappa shape index (κ3) is 3.73. The van der Waals surface area contributed by atoms with Crippen molar-refractivity contribution in [3.05, 3.63) is 42.7 Å². The van der Waals surface area contributed by atoms with Crippen molar-refractivity contribution in [2.24, 2.45) is 0 Å². The van der Waals surface area contributed by atoms with Crippen LogP contribution in [0.1, 0.15) is 0 Å². The molecule has 0 aliphatic carbocycles. The predicted octanol–water partition coefficient (Wildman–Crippen LogP) is 1.25. The smallest absolute Gasteiger partial charge is 0.257 e. The maximum absolute atomic E-state index is 12.4. The standard InChI is InChI=1S/C17H21N5O2/c1-24-17-16(18-7-8-19-17)20-13-15(23)22-11-9-21(10-12-22)14-5-3-2-4-6-14/h2-8H,9-13H2,1H3,(H,18,20). The Morgan fingerprint density at radius 1 is 1.12 bits per heavy atom. The highest BCUT2D eigenvalue weighted by Gasteiger charge is 2.21. The maximum atomic E-state index is 12.4. The van der Waals surface area contributed by atoms with Crippen LogP contribution in [0.2, 0.25) is 0 Å². The van der Waals surface area contributed by atoms with Gasteiger partial charge in [-0.05, 0) is 12.1 Å². The van der Waals surface area contributed by atoms with Gasteiger partial charge in [0.25, 0.3) is 5.88 Å². The molecule has 0 unspecified atom stereocenters. The van der Waals surface area contributed by atoms with Crippen molar-refractivity contribution in [1.29, 1.82) is 0 Å². The van der Waals surface area contributed by atoms with E-state index in [4.69, 9.17) is 4.74 Å². The summed E-state index contributed by atoms with van der Waals surface area (Å²) in [6, 6.07) is 10.3. The first-order valence-electron chi connectivity index (χ1n) is 7.94. The van der Waals surface area contributed by atoms with Crippen LogP contribution in [-0.2, 0) is 4.79 Å². The first-order valence-corrected chi connectivity index (χ1v) is 7.94. The molecule has 2 aromatic rings. The zero-order chi connectivity index (χ0) is 16.8. The van der Waals surface area contributed by atoms with Crippen LogP contribution in [0.5, 0.6) is 5.88 Å². The van der Waals surface area contributed by atoms with E-state index >= 15 is 0 Å². The molecule has 1 saturated heterocycles. The second-order valence-corrected chi connectivity index (χ2v) is 5.47. The molecule has 0 spiro atoms. The van der Waals surface area contributed by atoms with E-state index in [9.17, 15) is 4.79 Å². The first-order chi connectivity index (χ1) is 11.8. The van der Waals surface area contributed by atoms with E-state index in [1.807, 2.05) is 23.1 Å². The van der Waals surface area contributed by atoms with Gasteiger partial charge in [-0.3, -0.25) is 4.79 Å². The van der Waals surface area contributed by atoms with Gasteiger partial charge in [0.1, 0.15) is 0 Å². The quantitative estimate of drug-likeness (QED) is 0.891. The largest absolute Gasteiger partial charge is 0.478 e. The van der Waals surface area contributed by atoms with Gasteiger partial charge in [-0.15, -0.1) is 0 Å². The van der Waals surface area contributed by atoms with E-state index in [-0.39, 0.29) is 12.5 Å². The van der Waals surface area contributed by atoms with Crippen LogP contribution in [0, 0.1) is 0 Å². The first kappa shape index (κ1) is 16.0. The zero-order valence-corrected chi connectivity index (χ0v) is 13.7. The maximum Gasteiger partial charge on any atom is 0.257 e. The molecule has 0 saturated carbocycles. The summed E-state index contributed by atoms with van der Waals surface area (Å²) in [7, 11) is 1.53. The summed E-state index contributed by atoms with van der Waals surface area (Å²) in [5.41, 5.74) is 1.20. The Hall–Kier alpha value is -2.83. The van der Waals surface area contributed by atoms with Crippen molar-refractivity contribution in [3.63, 3.8) is 0 Å². The van der Waals surface area contributed by atoms with Crippen LogP contribution in [0.3, 0.4) is 0 Å². The van der Waals surface area contributed by atoms with E-state index in [1.165, 1.54) is 12.8 Å². The Morgan fingerprint density at radius 2 is 1.83 bits per heavy atom. The molecule has 0 atom stereocenters. The van der Waals surface area contributed by atoms with E-state index in [0.717, 1.165) is 13.1 Å². The van der Waals surface area contributed by atoms with Gasteiger partial charge >= 0.3 is 0 Å². The highest BCUT2D eigenvalue weighted by Crippen LogP contribution is 2.17. The molecule has 3 rings (SSSR count). The Morgan fingerprint density at radius 3 is 2.54 bits per heavy atom. The molecule has 0 radical (unpaired) electrons. The average Bonchev–Trinajstić information content (AvgIpc) is 2.67. The molecule has 1 aliphatic heterocycles. The van der Waals surface area contributed by atoms with Gasteiger partial charge in [0.05, 0.1) is 13.7 Å². The number of aromatic nitrogens is 2. The van der Waals surface area contributed by atoms with Gasteiger partial charge in [0.2, 0.25) is 5.91 Å². The van der Waals surface area contributed by atoms with Crippen LogP contribution < -0.4 is 15.0 Å². The molecule has 7 heteroatoms.